The van der Waals surface area contributed by atoms with Gasteiger partial charge >= 0.3 is 0 Å². The van der Waals surface area contributed by atoms with E-state index in [1.807, 2.05) is 6.07 Å². The maximum atomic E-state index is 13.3. The van der Waals surface area contributed by atoms with Crippen LogP contribution in [0.2, 0.25) is 0 Å². The van der Waals surface area contributed by atoms with Crippen LogP contribution in [0.4, 0.5) is 4.39 Å². The minimum Gasteiger partial charge on any atom is -0.316 e. The molecule has 2 heteroatoms. The van der Waals surface area contributed by atoms with Crippen LogP contribution in [0, 0.1) is 24.6 Å². The molecule has 1 unspecified atom stereocenters. The Morgan fingerprint density at radius 2 is 2.00 bits per heavy atom. The zero-order chi connectivity index (χ0) is 13.5. The molecule has 0 radical (unpaired) electrons. The van der Waals surface area contributed by atoms with Gasteiger partial charge in [-0.3, -0.25) is 0 Å². The molecule has 0 aromatic heterocycles. The fourth-order valence-electron chi connectivity index (χ4n) is 2.15. The van der Waals surface area contributed by atoms with Crippen LogP contribution >= 0.6 is 0 Å². The summed E-state index contributed by atoms with van der Waals surface area (Å²) in [6.07, 6.45) is 2.11. The molecule has 0 saturated heterocycles. The number of hydrogen-bond acceptors (Lipinski definition) is 1. The predicted octanol–water partition coefficient (Wildman–Crippen LogP) is 3.95. The molecule has 0 aliphatic rings. The topological polar surface area (TPSA) is 12.0 Å². The predicted molar refractivity (Wildman–Crippen MR) is 76.3 cm³/mol. The molecule has 1 rings (SSSR count). The van der Waals surface area contributed by atoms with E-state index in [4.69, 9.17) is 0 Å². The number of benzene rings is 1. The van der Waals surface area contributed by atoms with Crippen molar-refractivity contribution in [1.29, 1.82) is 0 Å². The Bertz CT molecular complexity index is 360. The van der Waals surface area contributed by atoms with Gasteiger partial charge in [0.1, 0.15) is 5.82 Å². The van der Waals surface area contributed by atoms with Gasteiger partial charge in [-0.25, -0.2) is 4.39 Å². The third-order valence-corrected chi connectivity index (χ3v) is 3.57. The van der Waals surface area contributed by atoms with E-state index in [9.17, 15) is 4.39 Å². The van der Waals surface area contributed by atoms with E-state index in [1.54, 1.807) is 12.1 Å². The first-order valence-corrected chi connectivity index (χ1v) is 7.00. The van der Waals surface area contributed by atoms with Crippen LogP contribution in [0.3, 0.4) is 0 Å². The van der Waals surface area contributed by atoms with Gasteiger partial charge in [0.15, 0.2) is 0 Å². The quantitative estimate of drug-likeness (QED) is 0.724. The molecule has 1 nitrogen and oxygen atoms in total. The summed E-state index contributed by atoms with van der Waals surface area (Å²) in [5, 5.41) is 3.48. The lowest BCUT2D eigenvalue weighted by atomic mass is 9.87. The Hall–Kier alpha value is -0.890. The molecule has 18 heavy (non-hydrogen) atoms. The summed E-state index contributed by atoms with van der Waals surface area (Å²) in [6, 6.07) is 5.10. The van der Waals surface area contributed by atoms with Gasteiger partial charge in [-0.05, 0) is 68.0 Å². The summed E-state index contributed by atoms with van der Waals surface area (Å²) in [5.41, 5.74) is 2.34. The second-order valence-corrected chi connectivity index (χ2v) is 5.48. The monoisotopic (exact) mass is 251 g/mol. The second kappa shape index (κ2) is 7.52. The molecular formula is C16H26FN. The summed E-state index contributed by atoms with van der Waals surface area (Å²) < 4.78 is 13.3. The van der Waals surface area contributed by atoms with Gasteiger partial charge in [0, 0.05) is 0 Å². The first-order chi connectivity index (χ1) is 8.54. The van der Waals surface area contributed by atoms with E-state index < -0.39 is 0 Å². The van der Waals surface area contributed by atoms with E-state index in [2.05, 4.69) is 33.0 Å². The smallest absolute Gasteiger partial charge is 0.123 e. The minimum absolute atomic E-state index is 0.125. The highest BCUT2D eigenvalue weighted by molar-refractivity contribution is 5.27. The van der Waals surface area contributed by atoms with Crippen LogP contribution in [0.1, 0.15) is 38.3 Å². The summed E-state index contributed by atoms with van der Waals surface area (Å²) in [7, 11) is 0. The Balaban J connectivity index is 2.67. The van der Waals surface area contributed by atoms with Crippen molar-refractivity contribution in [2.24, 2.45) is 11.8 Å². The Morgan fingerprint density at radius 3 is 2.61 bits per heavy atom. The van der Waals surface area contributed by atoms with E-state index >= 15 is 0 Å². The molecule has 0 saturated carbocycles. The molecule has 0 aliphatic heterocycles. The normalized spacial score (nSPS) is 13.0. The van der Waals surface area contributed by atoms with Gasteiger partial charge in [-0.2, -0.15) is 0 Å². The highest BCUT2D eigenvalue weighted by Crippen LogP contribution is 2.20. The Kier molecular flexibility index (Phi) is 6.34. The standard InChI is InChI=1S/C16H26FN/c1-5-8-18-11-15(12(2)3)9-14-10-16(17)7-6-13(14)4/h6-7,10,12,15,18H,5,8-9,11H2,1-4H3. The highest BCUT2D eigenvalue weighted by Gasteiger charge is 2.15. The summed E-state index contributed by atoms with van der Waals surface area (Å²) >= 11 is 0. The van der Waals surface area contributed by atoms with Crippen LogP contribution in [-0.2, 0) is 6.42 Å². The maximum absolute atomic E-state index is 13.3. The van der Waals surface area contributed by atoms with Crippen LogP contribution in [0.5, 0.6) is 0 Å². The number of aryl methyl sites for hydroxylation is 1. The van der Waals surface area contributed by atoms with Crippen molar-refractivity contribution in [3.8, 4) is 0 Å². The zero-order valence-electron chi connectivity index (χ0n) is 12.1. The van der Waals surface area contributed by atoms with Crippen molar-refractivity contribution < 1.29 is 4.39 Å². The molecule has 0 spiro atoms. The second-order valence-electron chi connectivity index (χ2n) is 5.48. The molecule has 1 N–H and O–H groups in total. The molecule has 1 atom stereocenters. The van der Waals surface area contributed by atoms with Crippen molar-refractivity contribution in [3.05, 3.63) is 35.1 Å². The molecule has 1 aromatic carbocycles. The average molecular weight is 251 g/mol. The largest absolute Gasteiger partial charge is 0.316 e. The fraction of sp³-hybridized carbons (Fsp3) is 0.625. The Labute approximate surface area is 111 Å². The van der Waals surface area contributed by atoms with Crippen molar-refractivity contribution >= 4 is 0 Å². The van der Waals surface area contributed by atoms with Gasteiger partial charge in [0.05, 0.1) is 0 Å². The fourth-order valence-corrected chi connectivity index (χ4v) is 2.15. The lowest BCUT2D eigenvalue weighted by Gasteiger charge is -2.22. The lowest BCUT2D eigenvalue weighted by Crippen LogP contribution is -2.28. The van der Waals surface area contributed by atoms with Gasteiger partial charge < -0.3 is 5.32 Å². The molecule has 0 aliphatic carbocycles. The average Bonchev–Trinajstić information content (AvgIpc) is 2.32. The number of hydrogen-bond donors (Lipinski definition) is 1. The first kappa shape index (κ1) is 15.2. The number of nitrogens with one attached hydrogen (secondary N) is 1. The molecular weight excluding hydrogens is 225 g/mol. The van der Waals surface area contributed by atoms with Crippen molar-refractivity contribution in [2.75, 3.05) is 13.1 Å². The molecule has 0 bridgehead atoms. The van der Waals surface area contributed by atoms with Crippen molar-refractivity contribution in [1.82, 2.24) is 5.32 Å². The number of halogens is 1. The van der Waals surface area contributed by atoms with E-state index in [1.165, 1.54) is 5.56 Å². The summed E-state index contributed by atoms with van der Waals surface area (Å²) in [6.45, 7) is 10.8. The van der Waals surface area contributed by atoms with Gasteiger partial charge in [-0.1, -0.05) is 26.8 Å². The SMILES string of the molecule is CCCNCC(Cc1cc(F)ccc1C)C(C)C. The van der Waals surface area contributed by atoms with Crippen molar-refractivity contribution in [2.45, 2.75) is 40.5 Å². The minimum atomic E-state index is -0.125. The number of rotatable bonds is 7. The molecule has 102 valence electrons. The van der Waals surface area contributed by atoms with Crippen molar-refractivity contribution in [3.63, 3.8) is 0 Å². The van der Waals surface area contributed by atoms with Gasteiger partial charge in [0.2, 0.25) is 0 Å². The summed E-state index contributed by atoms with van der Waals surface area (Å²) in [4.78, 5) is 0. The van der Waals surface area contributed by atoms with E-state index in [0.29, 0.717) is 11.8 Å². The lowest BCUT2D eigenvalue weighted by molar-refractivity contribution is 0.360. The van der Waals surface area contributed by atoms with Crippen LogP contribution < -0.4 is 5.32 Å². The molecule has 0 amide bonds. The Morgan fingerprint density at radius 1 is 1.28 bits per heavy atom. The third-order valence-electron chi connectivity index (χ3n) is 3.57. The van der Waals surface area contributed by atoms with Gasteiger partial charge in [-0.15, -0.1) is 0 Å². The van der Waals surface area contributed by atoms with Crippen LogP contribution in [0.25, 0.3) is 0 Å². The maximum Gasteiger partial charge on any atom is 0.123 e. The van der Waals surface area contributed by atoms with Crippen LogP contribution in [0.15, 0.2) is 18.2 Å². The van der Waals surface area contributed by atoms with Gasteiger partial charge in [0.25, 0.3) is 0 Å². The third kappa shape index (κ3) is 4.77. The molecule has 0 fully saturated rings. The van der Waals surface area contributed by atoms with Crippen LogP contribution in [-0.4, -0.2) is 13.1 Å². The first-order valence-electron chi connectivity index (χ1n) is 7.00. The molecule has 0 heterocycles. The van der Waals surface area contributed by atoms with E-state index in [0.717, 1.165) is 31.5 Å². The van der Waals surface area contributed by atoms with E-state index in [-0.39, 0.29) is 5.82 Å². The summed E-state index contributed by atoms with van der Waals surface area (Å²) in [5.74, 6) is 1.05. The highest BCUT2D eigenvalue weighted by atomic mass is 19.1. The molecule has 1 aromatic rings. The zero-order valence-corrected chi connectivity index (χ0v) is 12.1.